The molecule has 0 unspecified atom stereocenters. The molecule has 1 rings (SSSR count). The summed E-state index contributed by atoms with van der Waals surface area (Å²) in [5.41, 5.74) is 0.661. The van der Waals surface area contributed by atoms with Gasteiger partial charge >= 0.3 is 0 Å². The molecule has 0 aromatic carbocycles. The van der Waals surface area contributed by atoms with Crippen molar-refractivity contribution in [1.82, 2.24) is 15.1 Å². The van der Waals surface area contributed by atoms with E-state index in [2.05, 4.69) is 31.1 Å². The summed E-state index contributed by atoms with van der Waals surface area (Å²) in [5.74, 6) is 0. The molecule has 1 aromatic heterocycles. The molecule has 0 aliphatic heterocycles. The molecular formula is C7H8BrClN4. The molecule has 0 spiro atoms. The van der Waals surface area contributed by atoms with Crippen molar-refractivity contribution in [2.75, 3.05) is 14.1 Å². The van der Waals surface area contributed by atoms with Crippen LogP contribution in [0.3, 0.4) is 0 Å². The molecule has 0 amide bonds. The minimum Gasteiger partial charge on any atom is -0.369 e. The molecule has 1 aromatic rings. The fourth-order valence-electron chi connectivity index (χ4n) is 0.608. The van der Waals surface area contributed by atoms with Crippen molar-refractivity contribution in [2.24, 2.45) is 4.99 Å². The van der Waals surface area contributed by atoms with Crippen LogP contribution in [0.25, 0.3) is 0 Å². The summed E-state index contributed by atoms with van der Waals surface area (Å²) in [7, 11) is 3.77. The molecule has 1 heterocycles. The third-order valence-corrected chi connectivity index (χ3v) is 2.43. The smallest absolute Gasteiger partial charge is 0.168 e. The summed E-state index contributed by atoms with van der Waals surface area (Å²) < 4.78 is 0.655. The second-order valence-corrected chi connectivity index (χ2v) is 3.69. The van der Waals surface area contributed by atoms with Gasteiger partial charge in [0.25, 0.3) is 0 Å². The molecule has 0 N–H and O–H groups in total. The van der Waals surface area contributed by atoms with Gasteiger partial charge in [-0.2, -0.15) is 5.10 Å². The molecule has 0 saturated heterocycles. The number of halogens is 2. The molecule has 4 nitrogen and oxygen atoms in total. The zero-order chi connectivity index (χ0) is 9.84. The predicted molar refractivity (Wildman–Crippen MR) is 56.6 cm³/mol. The number of aromatic nitrogens is 2. The number of aliphatic imine (C=N–C) groups is 1. The summed E-state index contributed by atoms with van der Waals surface area (Å²) in [5, 5.41) is 7.64. The van der Waals surface area contributed by atoms with Gasteiger partial charge < -0.3 is 4.90 Å². The van der Waals surface area contributed by atoms with Crippen LogP contribution >= 0.6 is 27.5 Å². The minimum atomic E-state index is 0.313. The molecular weight excluding hydrogens is 255 g/mol. The van der Waals surface area contributed by atoms with Crippen LogP contribution in [0.4, 0.5) is 5.69 Å². The van der Waals surface area contributed by atoms with Gasteiger partial charge in [-0.3, -0.25) is 0 Å². The van der Waals surface area contributed by atoms with Crippen molar-refractivity contribution >= 4 is 39.6 Å². The van der Waals surface area contributed by atoms with Crippen LogP contribution < -0.4 is 0 Å². The van der Waals surface area contributed by atoms with Crippen molar-refractivity contribution in [3.8, 4) is 0 Å². The van der Waals surface area contributed by atoms with Crippen LogP contribution in [0.1, 0.15) is 0 Å². The summed E-state index contributed by atoms with van der Waals surface area (Å²) in [6.07, 6.45) is 3.20. The van der Waals surface area contributed by atoms with Crippen LogP contribution in [-0.4, -0.2) is 35.5 Å². The van der Waals surface area contributed by atoms with Gasteiger partial charge in [0, 0.05) is 14.1 Å². The fourth-order valence-corrected chi connectivity index (χ4v) is 1.03. The molecule has 0 aliphatic carbocycles. The Hall–Kier alpha value is -0.680. The molecule has 0 fully saturated rings. The van der Waals surface area contributed by atoms with E-state index in [0.29, 0.717) is 15.3 Å². The first-order valence-corrected chi connectivity index (χ1v) is 4.65. The highest BCUT2D eigenvalue weighted by Crippen LogP contribution is 2.28. The molecule has 0 bridgehead atoms. The lowest BCUT2D eigenvalue weighted by molar-refractivity contribution is 0.643. The normalized spacial score (nSPS) is 10.8. The standard InChI is InChI=1S/C7H8BrClN4/c1-13(2)4-10-5-3-11-12-7(9)6(5)8/h3-4H,1-2H3/b10-4-. The number of hydrogen-bond donors (Lipinski definition) is 0. The minimum absolute atomic E-state index is 0.313. The van der Waals surface area contributed by atoms with Gasteiger partial charge in [-0.15, -0.1) is 5.10 Å². The fraction of sp³-hybridized carbons (Fsp3) is 0.286. The highest BCUT2D eigenvalue weighted by Gasteiger charge is 2.03. The lowest BCUT2D eigenvalue weighted by Crippen LogP contribution is -2.07. The van der Waals surface area contributed by atoms with E-state index in [1.807, 2.05) is 19.0 Å². The molecule has 6 heteroatoms. The maximum atomic E-state index is 5.72. The first-order chi connectivity index (χ1) is 6.11. The first kappa shape index (κ1) is 10.4. The quantitative estimate of drug-likeness (QED) is 0.606. The third kappa shape index (κ3) is 2.93. The Morgan fingerprint density at radius 2 is 2.31 bits per heavy atom. The molecule has 70 valence electrons. The zero-order valence-electron chi connectivity index (χ0n) is 7.20. The lowest BCUT2D eigenvalue weighted by atomic mass is 10.5. The Morgan fingerprint density at radius 3 is 2.92 bits per heavy atom. The monoisotopic (exact) mass is 262 g/mol. The van der Waals surface area contributed by atoms with Gasteiger partial charge in [0.15, 0.2) is 5.15 Å². The van der Waals surface area contributed by atoms with Crippen LogP contribution in [0.2, 0.25) is 5.15 Å². The Bertz CT molecular complexity index is 326. The second kappa shape index (κ2) is 4.53. The Labute approximate surface area is 89.8 Å². The van der Waals surface area contributed by atoms with Gasteiger partial charge in [0.05, 0.1) is 17.0 Å². The van der Waals surface area contributed by atoms with Crippen LogP contribution in [0, 0.1) is 0 Å². The van der Waals surface area contributed by atoms with Gasteiger partial charge in [0.2, 0.25) is 0 Å². The predicted octanol–water partition coefficient (Wildman–Crippen LogP) is 2.11. The topological polar surface area (TPSA) is 41.4 Å². The maximum Gasteiger partial charge on any atom is 0.168 e. The van der Waals surface area contributed by atoms with Crippen LogP contribution in [0.5, 0.6) is 0 Å². The summed E-state index contributed by atoms with van der Waals surface area (Å²) in [6, 6.07) is 0. The van der Waals surface area contributed by atoms with Gasteiger partial charge in [-0.1, -0.05) is 11.6 Å². The van der Waals surface area contributed by atoms with E-state index in [-0.39, 0.29) is 0 Å². The average Bonchev–Trinajstić information content (AvgIpc) is 2.07. The van der Waals surface area contributed by atoms with Gasteiger partial charge in [0.1, 0.15) is 5.69 Å². The molecule has 0 aliphatic rings. The van der Waals surface area contributed by atoms with Gasteiger partial charge in [-0.05, 0) is 15.9 Å². The second-order valence-electron chi connectivity index (χ2n) is 2.54. The summed E-state index contributed by atoms with van der Waals surface area (Å²) in [4.78, 5) is 5.95. The van der Waals surface area contributed by atoms with Gasteiger partial charge in [-0.25, -0.2) is 4.99 Å². The average molecular weight is 264 g/mol. The highest BCUT2D eigenvalue weighted by molar-refractivity contribution is 9.10. The maximum absolute atomic E-state index is 5.72. The number of rotatable bonds is 2. The van der Waals surface area contributed by atoms with E-state index in [9.17, 15) is 0 Å². The van der Waals surface area contributed by atoms with E-state index in [0.717, 1.165) is 0 Å². The van der Waals surface area contributed by atoms with Crippen molar-refractivity contribution < 1.29 is 0 Å². The number of nitrogens with zero attached hydrogens (tertiary/aromatic N) is 4. The SMILES string of the molecule is CN(C)/C=N\c1cnnc(Cl)c1Br. The van der Waals surface area contributed by atoms with Crippen molar-refractivity contribution in [1.29, 1.82) is 0 Å². The molecule has 0 radical (unpaired) electrons. The largest absolute Gasteiger partial charge is 0.369 e. The highest BCUT2D eigenvalue weighted by atomic mass is 79.9. The molecule has 0 atom stereocenters. The van der Waals surface area contributed by atoms with E-state index in [1.54, 1.807) is 6.34 Å². The van der Waals surface area contributed by atoms with Crippen LogP contribution in [-0.2, 0) is 0 Å². The Balaban J connectivity index is 2.95. The Kier molecular flexibility index (Phi) is 3.62. The van der Waals surface area contributed by atoms with Crippen molar-refractivity contribution in [3.63, 3.8) is 0 Å². The number of hydrogen-bond acceptors (Lipinski definition) is 3. The molecule has 0 saturated carbocycles. The molecule has 13 heavy (non-hydrogen) atoms. The summed E-state index contributed by atoms with van der Waals surface area (Å²) in [6.45, 7) is 0. The van der Waals surface area contributed by atoms with E-state index in [4.69, 9.17) is 11.6 Å². The summed E-state index contributed by atoms with van der Waals surface area (Å²) >= 11 is 8.98. The van der Waals surface area contributed by atoms with Crippen molar-refractivity contribution in [2.45, 2.75) is 0 Å². The van der Waals surface area contributed by atoms with E-state index >= 15 is 0 Å². The van der Waals surface area contributed by atoms with E-state index in [1.165, 1.54) is 6.20 Å². The van der Waals surface area contributed by atoms with Crippen molar-refractivity contribution in [3.05, 3.63) is 15.8 Å². The first-order valence-electron chi connectivity index (χ1n) is 3.48. The third-order valence-electron chi connectivity index (χ3n) is 1.16. The Morgan fingerprint density at radius 1 is 1.62 bits per heavy atom. The van der Waals surface area contributed by atoms with E-state index < -0.39 is 0 Å². The lowest BCUT2D eigenvalue weighted by Gasteiger charge is -2.03. The van der Waals surface area contributed by atoms with Crippen LogP contribution in [0.15, 0.2) is 15.7 Å². The zero-order valence-corrected chi connectivity index (χ0v) is 9.54.